The highest BCUT2D eigenvalue weighted by Gasteiger charge is 2.30. The lowest BCUT2D eigenvalue weighted by Gasteiger charge is -2.10. The van der Waals surface area contributed by atoms with Crippen LogP contribution >= 0.6 is 0 Å². The van der Waals surface area contributed by atoms with E-state index in [4.69, 9.17) is 10.5 Å². The number of pyridine rings is 1. The predicted octanol–water partition coefficient (Wildman–Crippen LogP) is 2.91. The Labute approximate surface area is 163 Å². The van der Waals surface area contributed by atoms with Crippen molar-refractivity contribution in [3.63, 3.8) is 0 Å². The largest absolute Gasteiger partial charge is 0.439 e. The summed E-state index contributed by atoms with van der Waals surface area (Å²) in [7, 11) is 0. The number of carbonyl (C=O) groups excluding carboxylic acids is 1. The number of ether oxygens (including phenoxy) is 1. The molecule has 0 saturated heterocycles. The molecule has 0 aliphatic carbocycles. The van der Waals surface area contributed by atoms with Crippen molar-refractivity contribution in [3.8, 4) is 23.0 Å². The maximum atomic E-state index is 12.6. The molecule has 1 aromatic carbocycles. The van der Waals surface area contributed by atoms with Gasteiger partial charge in [-0.2, -0.15) is 13.2 Å². The third-order valence-corrected chi connectivity index (χ3v) is 3.86. The van der Waals surface area contributed by atoms with Gasteiger partial charge in [0.2, 0.25) is 5.88 Å². The van der Waals surface area contributed by atoms with Gasteiger partial charge in [0.1, 0.15) is 5.75 Å². The van der Waals surface area contributed by atoms with Crippen LogP contribution in [0.1, 0.15) is 17.4 Å². The van der Waals surface area contributed by atoms with Crippen molar-refractivity contribution in [3.05, 3.63) is 66.1 Å². The summed E-state index contributed by atoms with van der Waals surface area (Å²) >= 11 is 0. The lowest BCUT2D eigenvalue weighted by Crippen LogP contribution is -2.22. The van der Waals surface area contributed by atoms with Crippen LogP contribution in [0.15, 0.2) is 54.9 Å². The van der Waals surface area contributed by atoms with Crippen molar-refractivity contribution >= 4 is 5.78 Å². The first-order chi connectivity index (χ1) is 13.8. The maximum Gasteiger partial charge on any atom is 0.417 e. The van der Waals surface area contributed by atoms with Crippen LogP contribution in [-0.4, -0.2) is 32.4 Å². The molecule has 0 aliphatic heterocycles. The van der Waals surface area contributed by atoms with Gasteiger partial charge in [-0.1, -0.05) is 0 Å². The van der Waals surface area contributed by atoms with Crippen molar-refractivity contribution < 1.29 is 27.8 Å². The Balaban J connectivity index is 1.74. The summed E-state index contributed by atoms with van der Waals surface area (Å²) in [6.45, 7) is -0.315. The van der Waals surface area contributed by atoms with Crippen LogP contribution < -0.4 is 10.5 Å². The highest BCUT2D eigenvalue weighted by molar-refractivity contribution is 5.85. The molecule has 0 unspecified atom stereocenters. The molecule has 29 heavy (non-hydrogen) atoms. The van der Waals surface area contributed by atoms with E-state index in [9.17, 15) is 23.1 Å². The number of hydrogen-bond acceptors (Lipinski definition) is 7. The lowest BCUT2D eigenvalue weighted by molar-refractivity contribution is -0.137. The standard InChI is InChI=1S/C19H15F3N4O3/c20-19(21,22)12-3-6-16(25-10-12)29-13-4-1-11(2-5-13)18-24-8-7-14(26-18)17(28)15(27)9-23/h1-8,10,17,28H,9,23H2/t17-/m1/s1. The molecule has 0 fully saturated rings. The maximum absolute atomic E-state index is 12.6. The molecule has 0 saturated carbocycles. The molecule has 1 atom stereocenters. The zero-order chi connectivity index (χ0) is 21.0. The van der Waals surface area contributed by atoms with Crippen molar-refractivity contribution in [2.45, 2.75) is 12.3 Å². The SMILES string of the molecule is NCC(=O)[C@H](O)c1ccnc(-c2ccc(Oc3ccc(C(F)(F)F)cn3)cc2)n1. The quantitative estimate of drug-likeness (QED) is 0.650. The summed E-state index contributed by atoms with van der Waals surface area (Å²) in [4.78, 5) is 23.4. The Kier molecular flexibility index (Phi) is 5.85. The number of carbonyl (C=O) groups is 1. The minimum Gasteiger partial charge on any atom is -0.439 e. The van der Waals surface area contributed by atoms with E-state index >= 15 is 0 Å². The molecule has 2 aromatic heterocycles. The fourth-order valence-corrected chi connectivity index (χ4v) is 2.34. The van der Waals surface area contributed by atoms with Gasteiger partial charge in [-0.25, -0.2) is 15.0 Å². The summed E-state index contributed by atoms with van der Waals surface area (Å²) in [6.07, 6.45) is -3.81. The van der Waals surface area contributed by atoms with Crippen LogP contribution in [0.3, 0.4) is 0 Å². The zero-order valence-corrected chi connectivity index (χ0v) is 14.8. The minimum absolute atomic E-state index is 0.00687. The van der Waals surface area contributed by atoms with Gasteiger partial charge in [-0.15, -0.1) is 0 Å². The van der Waals surface area contributed by atoms with Crippen LogP contribution in [-0.2, 0) is 11.0 Å². The molecule has 0 bridgehead atoms. The summed E-state index contributed by atoms with van der Waals surface area (Å²) in [6, 6.07) is 9.78. The summed E-state index contributed by atoms with van der Waals surface area (Å²) in [5.74, 6) is 0.0518. The average Bonchev–Trinajstić information content (AvgIpc) is 2.73. The van der Waals surface area contributed by atoms with Crippen LogP contribution in [0.2, 0.25) is 0 Å². The molecule has 0 spiro atoms. The first kappa shape index (κ1) is 20.4. The number of rotatable bonds is 6. The summed E-state index contributed by atoms with van der Waals surface area (Å²) < 4.78 is 43.1. The highest BCUT2D eigenvalue weighted by Crippen LogP contribution is 2.30. The summed E-state index contributed by atoms with van der Waals surface area (Å²) in [5.41, 5.74) is 5.07. The van der Waals surface area contributed by atoms with Crippen molar-refractivity contribution in [2.75, 3.05) is 6.54 Å². The number of nitrogens with two attached hydrogens (primary N) is 1. The van der Waals surface area contributed by atoms with E-state index in [0.717, 1.165) is 12.1 Å². The smallest absolute Gasteiger partial charge is 0.417 e. The number of halogens is 3. The number of aromatic nitrogens is 3. The van der Waals surface area contributed by atoms with Gasteiger partial charge in [-0.05, 0) is 36.4 Å². The first-order valence-corrected chi connectivity index (χ1v) is 8.33. The molecule has 10 heteroatoms. The van der Waals surface area contributed by atoms with Crippen molar-refractivity contribution in [1.82, 2.24) is 15.0 Å². The molecular weight excluding hydrogens is 389 g/mol. The number of benzene rings is 1. The van der Waals surface area contributed by atoms with Crippen LogP contribution in [0, 0.1) is 0 Å². The monoisotopic (exact) mass is 404 g/mol. The minimum atomic E-state index is -4.47. The van der Waals surface area contributed by atoms with Crippen LogP contribution in [0.5, 0.6) is 11.6 Å². The summed E-state index contributed by atoms with van der Waals surface area (Å²) in [5, 5.41) is 9.92. The number of aliphatic hydroxyl groups excluding tert-OH is 1. The molecule has 3 rings (SSSR count). The Hall–Kier alpha value is -3.37. The predicted molar refractivity (Wildman–Crippen MR) is 95.8 cm³/mol. The molecule has 150 valence electrons. The molecule has 3 aromatic rings. The van der Waals surface area contributed by atoms with Gasteiger partial charge < -0.3 is 15.6 Å². The number of nitrogens with zero attached hydrogens (tertiary/aromatic N) is 3. The van der Waals surface area contributed by atoms with E-state index in [1.807, 2.05) is 0 Å². The third-order valence-electron chi connectivity index (χ3n) is 3.86. The molecule has 0 aliphatic rings. The van der Waals surface area contributed by atoms with Gasteiger partial charge in [0.25, 0.3) is 0 Å². The number of Topliss-reactive ketones (excluding diaryl/α,β-unsaturated/α-hetero) is 1. The Bertz CT molecular complexity index is 993. The molecule has 3 N–H and O–H groups in total. The van der Waals surface area contributed by atoms with E-state index in [1.54, 1.807) is 24.3 Å². The molecule has 2 heterocycles. The first-order valence-electron chi connectivity index (χ1n) is 8.33. The van der Waals surface area contributed by atoms with E-state index in [-0.39, 0.29) is 23.9 Å². The van der Waals surface area contributed by atoms with Crippen molar-refractivity contribution in [2.24, 2.45) is 5.73 Å². The van der Waals surface area contributed by atoms with E-state index in [0.29, 0.717) is 17.5 Å². The van der Waals surface area contributed by atoms with Gasteiger partial charge >= 0.3 is 6.18 Å². The Morgan fingerprint density at radius 2 is 1.83 bits per heavy atom. The van der Waals surface area contributed by atoms with Gasteiger partial charge in [0.05, 0.1) is 17.8 Å². The fraction of sp³-hybridized carbons (Fsp3) is 0.158. The van der Waals surface area contributed by atoms with E-state index in [2.05, 4.69) is 15.0 Å². The average molecular weight is 404 g/mol. The second-order valence-corrected chi connectivity index (χ2v) is 5.89. The van der Waals surface area contributed by atoms with Gasteiger partial charge in [0, 0.05) is 24.0 Å². The van der Waals surface area contributed by atoms with E-state index < -0.39 is 23.6 Å². The topological polar surface area (TPSA) is 111 Å². The molecule has 0 radical (unpaired) electrons. The number of aliphatic hydroxyl groups is 1. The Morgan fingerprint density at radius 3 is 2.41 bits per heavy atom. The van der Waals surface area contributed by atoms with Crippen molar-refractivity contribution in [1.29, 1.82) is 0 Å². The van der Waals surface area contributed by atoms with Gasteiger partial charge in [0.15, 0.2) is 17.7 Å². The number of ketones is 1. The third kappa shape index (κ3) is 4.92. The number of alkyl halides is 3. The zero-order valence-electron chi connectivity index (χ0n) is 14.8. The normalized spacial score (nSPS) is 12.4. The molecule has 0 amide bonds. The Morgan fingerprint density at radius 1 is 1.10 bits per heavy atom. The van der Waals surface area contributed by atoms with Crippen LogP contribution in [0.25, 0.3) is 11.4 Å². The fourth-order valence-electron chi connectivity index (χ4n) is 2.34. The molecular formula is C19H15F3N4O3. The van der Waals surface area contributed by atoms with Crippen LogP contribution in [0.4, 0.5) is 13.2 Å². The second kappa shape index (κ2) is 8.33. The van der Waals surface area contributed by atoms with Gasteiger partial charge in [-0.3, -0.25) is 4.79 Å². The lowest BCUT2D eigenvalue weighted by atomic mass is 10.1. The number of hydrogen-bond donors (Lipinski definition) is 2. The van der Waals surface area contributed by atoms with E-state index in [1.165, 1.54) is 12.3 Å². The highest BCUT2D eigenvalue weighted by atomic mass is 19.4. The molecule has 7 nitrogen and oxygen atoms in total. The second-order valence-electron chi connectivity index (χ2n) is 5.89.